The van der Waals surface area contributed by atoms with E-state index in [1.54, 1.807) is 19.1 Å². The molecule has 3 aromatic rings. The summed E-state index contributed by atoms with van der Waals surface area (Å²) in [6.45, 7) is 3.06. The van der Waals surface area contributed by atoms with E-state index < -0.39 is 23.7 Å². The summed E-state index contributed by atoms with van der Waals surface area (Å²) in [7, 11) is 0. The smallest absolute Gasteiger partial charge is 0.361 e. The number of rotatable bonds is 5. The molecule has 0 aliphatic heterocycles. The Labute approximate surface area is 149 Å². The third-order valence-corrected chi connectivity index (χ3v) is 3.79. The van der Waals surface area contributed by atoms with Crippen molar-refractivity contribution in [2.45, 2.75) is 20.0 Å². The van der Waals surface area contributed by atoms with Crippen LogP contribution in [-0.4, -0.2) is 22.8 Å². The SMILES string of the molecule is Cc1oc(-c2ccccc2)nc1C(=O)O[C@H](C)C(=O)c1ccc(F)cc1. The molecule has 0 radical (unpaired) electrons. The van der Waals surface area contributed by atoms with Gasteiger partial charge in [0.1, 0.15) is 11.6 Å². The van der Waals surface area contributed by atoms with Crippen LogP contribution < -0.4 is 0 Å². The zero-order chi connectivity index (χ0) is 18.7. The lowest BCUT2D eigenvalue weighted by Gasteiger charge is -2.11. The van der Waals surface area contributed by atoms with E-state index in [1.807, 2.05) is 18.2 Å². The van der Waals surface area contributed by atoms with Crippen LogP contribution >= 0.6 is 0 Å². The first-order chi connectivity index (χ1) is 12.5. The third-order valence-electron chi connectivity index (χ3n) is 3.79. The van der Waals surface area contributed by atoms with Crippen LogP contribution in [0, 0.1) is 12.7 Å². The van der Waals surface area contributed by atoms with Crippen molar-refractivity contribution in [1.29, 1.82) is 0 Å². The summed E-state index contributed by atoms with van der Waals surface area (Å²) in [5.74, 6) is -1.03. The first kappa shape index (κ1) is 17.5. The predicted molar refractivity (Wildman–Crippen MR) is 92.3 cm³/mol. The van der Waals surface area contributed by atoms with E-state index in [1.165, 1.54) is 31.2 Å². The second-order valence-electron chi connectivity index (χ2n) is 5.71. The van der Waals surface area contributed by atoms with Gasteiger partial charge < -0.3 is 9.15 Å². The minimum atomic E-state index is -1.04. The molecule has 0 aliphatic carbocycles. The molecule has 0 spiro atoms. The fourth-order valence-electron chi connectivity index (χ4n) is 2.41. The van der Waals surface area contributed by atoms with Crippen LogP contribution in [0.2, 0.25) is 0 Å². The molecular weight excluding hydrogens is 337 g/mol. The first-order valence-electron chi connectivity index (χ1n) is 7.99. The highest BCUT2D eigenvalue weighted by atomic mass is 19.1. The molecule has 1 aromatic heterocycles. The van der Waals surface area contributed by atoms with Gasteiger partial charge in [0.05, 0.1) is 0 Å². The maximum absolute atomic E-state index is 13.0. The van der Waals surface area contributed by atoms with E-state index in [9.17, 15) is 14.0 Å². The van der Waals surface area contributed by atoms with E-state index in [-0.39, 0.29) is 11.3 Å². The van der Waals surface area contributed by atoms with Crippen LogP contribution in [0.4, 0.5) is 4.39 Å². The van der Waals surface area contributed by atoms with Crippen LogP contribution in [0.5, 0.6) is 0 Å². The van der Waals surface area contributed by atoms with Crippen LogP contribution in [-0.2, 0) is 4.74 Å². The van der Waals surface area contributed by atoms with Crippen molar-refractivity contribution in [2.75, 3.05) is 0 Å². The summed E-state index contributed by atoms with van der Waals surface area (Å²) < 4.78 is 23.7. The quantitative estimate of drug-likeness (QED) is 0.507. The van der Waals surface area contributed by atoms with Gasteiger partial charge in [0.15, 0.2) is 11.8 Å². The fraction of sp³-hybridized carbons (Fsp3) is 0.150. The molecule has 5 nitrogen and oxygen atoms in total. The number of aromatic nitrogens is 1. The van der Waals surface area contributed by atoms with E-state index in [4.69, 9.17) is 9.15 Å². The molecule has 0 unspecified atom stereocenters. The minimum absolute atomic E-state index is 0.0163. The number of oxazole rings is 1. The zero-order valence-electron chi connectivity index (χ0n) is 14.2. The molecule has 132 valence electrons. The number of carbonyl (C=O) groups excluding carboxylic acids is 2. The number of Topliss-reactive ketones (excluding diaryl/α,β-unsaturated/α-hetero) is 1. The van der Waals surface area contributed by atoms with Gasteiger partial charge in [0, 0.05) is 11.1 Å². The summed E-state index contributed by atoms with van der Waals surface area (Å²) in [5, 5.41) is 0. The van der Waals surface area contributed by atoms with Gasteiger partial charge in [0.2, 0.25) is 11.7 Å². The molecule has 3 rings (SSSR count). The average Bonchev–Trinajstić information content (AvgIpc) is 3.04. The van der Waals surface area contributed by atoms with Gasteiger partial charge >= 0.3 is 5.97 Å². The molecule has 0 N–H and O–H groups in total. The predicted octanol–water partition coefficient (Wildman–Crippen LogP) is 4.22. The Bertz CT molecular complexity index is 932. The van der Waals surface area contributed by atoms with Crippen molar-refractivity contribution >= 4 is 11.8 Å². The lowest BCUT2D eigenvalue weighted by Crippen LogP contribution is -2.25. The molecule has 26 heavy (non-hydrogen) atoms. The molecule has 2 aromatic carbocycles. The van der Waals surface area contributed by atoms with Gasteiger partial charge in [-0.2, -0.15) is 0 Å². The van der Waals surface area contributed by atoms with E-state index in [0.29, 0.717) is 11.7 Å². The molecular formula is C20H16FNO4. The van der Waals surface area contributed by atoms with Crippen molar-refractivity contribution in [1.82, 2.24) is 4.98 Å². The number of ketones is 1. The van der Waals surface area contributed by atoms with Crippen molar-refractivity contribution in [3.8, 4) is 11.5 Å². The number of carbonyl (C=O) groups is 2. The third kappa shape index (κ3) is 3.69. The summed E-state index contributed by atoms with van der Waals surface area (Å²) in [4.78, 5) is 28.8. The molecule has 0 saturated carbocycles. The lowest BCUT2D eigenvalue weighted by atomic mass is 10.1. The fourth-order valence-corrected chi connectivity index (χ4v) is 2.41. The number of ether oxygens (including phenoxy) is 1. The van der Waals surface area contributed by atoms with Gasteiger partial charge in [-0.25, -0.2) is 14.2 Å². The number of hydrogen-bond donors (Lipinski definition) is 0. The summed E-state index contributed by atoms with van der Waals surface area (Å²) in [6, 6.07) is 14.2. The molecule has 1 heterocycles. The summed E-state index contributed by atoms with van der Waals surface area (Å²) in [6.07, 6.45) is -1.04. The Morgan fingerprint density at radius 2 is 1.73 bits per heavy atom. The molecule has 6 heteroatoms. The Morgan fingerprint density at radius 3 is 2.38 bits per heavy atom. The van der Waals surface area contributed by atoms with Crippen LogP contribution in [0.3, 0.4) is 0 Å². The number of hydrogen-bond acceptors (Lipinski definition) is 5. The van der Waals surface area contributed by atoms with Crippen LogP contribution in [0.15, 0.2) is 59.0 Å². The standard InChI is InChI=1S/C20H16FNO4/c1-12-17(22-19(25-12)15-6-4-3-5-7-15)20(24)26-13(2)18(23)14-8-10-16(21)11-9-14/h3-11,13H,1-2H3/t13-/m1/s1. The monoisotopic (exact) mass is 353 g/mol. The van der Waals surface area contributed by atoms with Gasteiger partial charge in [-0.15, -0.1) is 0 Å². The molecule has 0 fully saturated rings. The van der Waals surface area contributed by atoms with Crippen molar-refractivity contribution < 1.29 is 23.1 Å². The summed E-state index contributed by atoms with van der Waals surface area (Å²) in [5.41, 5.74) is 1.00. The first-order valence-corrected chi connectivity index (χ1v) is 7.99. The number of aryl methyl sites for hydroxylation is 1. The molecule has 0 saturated heterocycles. The van der Waals surface area contributed by atoms with Crippen molar-refractivity contribution in [3.63, 3.8) is 0 Å². The van der Waals surface area contributed by atoms with Crippen molar-refractivity contribution in [3.05, 3.63) is 77.4 Å². The maximum Gasteiger partial charge on any atom is 0.361 e. The van der Waals surface area contributed by atoms with Gasteiger partial charge in [-0.1, -0.05) is 18.2 Å². The normalized spacial score (nSPS) is 11.8. The van der Waals surface area contributed by atoms with Crippen LogP contribution in [0.25, 0.3) is 11.5 Å². The highest BCUT2D eigenvalue weighted by Crippen LogP contribution is 2.22. The highest BCUT2D eigenvalue weighted by molar-refractivity contribution is 6.01. The second-order valence-corrected chi connectivity index (χ2v) is 5.71. The second kappa shape index (κ2) is 7.31. The maximum atomic E-state index is 13.0. The Morgan fingerprint density at radius 1 is 1.08 bits per heavy atom. The summed E-state index contributed by atoms with van der Waals surface area (Å²) >= 11 is 0. The van der Waals surface area contributed by atoms with Gasteiger partial charge in [-0.05, 0) is 50.2 Å². The zero-order valence-corrected chi connectivity index (χ0v) is 14.2. The lowest BCUT2D eigenvalue weighted by molar-refractivity contribution is 0.0312. The minimum Gasteiger partial charge on any atom is -0.449 e. The molecule has 0 amide bonds. The van der Waals surface area contributed by atoms with E-state index in [2.05, 4.69) is 4.98 Å². The topological polar surface area (TPSA) is 69.4 Å². The number of esters is 1. The van der Waals surface area contributed by atoms with Crippen molar-refractivity contribution in [2.24, 2.45) is 0 Å². The highest BCUT2D eigenvalue weighted by Gasteiger charge is 2.25. The largest absolute Gasteiger partial charge is 0.449 e. The molecule has 0 bridgehead atoms. The molecule has 1 atom stereocenters. The Balaban J connectivity index is 1.74. The van der Waals surface area contributed by atoms with Crippen LogP contribution in [0.1, 0.15) is 33.5 Å². The number of halogens is 1. The van der Waals surface area contributed by atoms with E-state index >= 15 is 0 Å². The molecule has 0 aliphatic rings. The Kier molecular flexibility index (Phi) is 4.93. The Hall–Kier alpha value is -3.28. The average molecular weight is 353 g/mol. The van der Waals surface area contributed by atoms with Gasteiger partial charge in [-0.3, -0.25) is 4.79 Å². The van der Waals surface area contributed by atoms with Gasteiger partial charge in [0.25, 0.3) is 0 Å². The van der Waals surface area contributed by atoms with E-state index in [0.717, 1.165) is 5.56 Å². The number of nitrogens with zero attached hydrogens (tertiary/aromatic N) is 1. The number of benzene rings is 2.